The largest absolute Gasteiger partial charge is 0.454 e. The van der Waals surface area contributed by atoms with Crippen LogP contribution in [-0.2, 0) is 9.09 Å². The number of halogens is 1. The van der Waals surface area contributed by atoms with Crippen LogP contribution in [0.5, 0.6) is 11.5 Å². The fourth-order valence-corrected chi connectivity index (χ4v) is 3.76. The first-order valence-electron chi connectivity index (χ1n) is 6.13. The lowest BCUT2D eigenvalue weighted by atomic mass is 10.2. The topological polar surface area (TPSA) is 85.2 Å². The SMILES string of the molecule is CCC(C)OP(=O)(O)C(O)c1cc2c(cc1Br)OCO2. The van der Waals surface area contributed by atoms with Crippen molar-refractivity contribution in [3.8, 4) is 11.5 Å². The molecule has 0 saturated carbocycles. The molecule has 2 N–H and O–H groups in total. The summed E-state index contributed by atoms with van der Waals surface area (Å²) < 4.78 is 28.0. The van der Waals surface area contributed by atoms with Crippen LogP contribution in [0.2, 0.25) is 0 Å². The Morgan fingerprint density at radius 2 is 2.05 bits per heavy atom. The van der Waals surface area contributed by atoms with E-state index < -0.39 is 19.5 Å². The molecule has 8 heteroatoms. The number of ether oxygens (including phenoxy) is 2. The molecule has 0 saturated heterocycles. The summed E-state index contributed by atoms with van der Waals surface area (Å²) in [7, 11) is -4.20. The van der Waals surface area contributed by atoms with Crippen LogP contribution in [0, 0.1) is 0 Å². The molecular formula is C12H16BrO6P. The maximum absolute atomic E-state index is 12.1. The van der Waals surface area contributed by atoms with Crippen molar-refractivity contribution in [1.82, 2.24) is 0 Å². The fraction of sp³-hybridized carbons (Fsp3) is 0.500. The zero-order valence-electron chi connectivity index (χ0n) is 11.1. The predicted molar refractivity (Wildman–Crippen MR) is 75.9 cm³/mol. The van der Waals surface area contributed by atoms with E-state index in [4.69, 9.17) is 14.0 Å². The number of benzene rings is 1. The molecule has 1 aliphatic rings. The summed E-state index contributed by atoms with van der Waals surface area (Å²) in [6, 6.07) is 3.06. The molecule has 0 bridgehead atoms. The van der Waals surface area contributed by atoms with Crippen LogP contribution >= 0.6 is 23.5 Å². The summed E-state index contributed by atoms with van der Waals surface area (Å²) in [5.41, 5.74) is 0.225. The predicted octanol–water partition coefficient (Wildman–Crippen LogP) is 3.17. The van der Waals surface area contributed by atoms with Crippen molar-refractivity contribution in [3.05, 3.63) is 22.2 Å². The van der Waals surface area contributed by atoms with E-state index in [0.717, 1.165) is 0 Å². The third-order valence-corrected chi connectivity index (χ3v) is 5.23. The van der Waals surface area contributed by atoms with E-state index in [-0.39, 0.29) is 12.4 Å². The monoisotopic (exact) mass is 366 g/mol. The van der Waals surface area contributed by atoms with E-state index in [1.54, 1.807) is 13.0 Å². The third-order valence-electron chi connectivity index (χ3n) is 2.99. The van der Waals surface area contributed by atoms with Gasteiger partial charge in [0.2, 0.25) is 6.79 Å². The number of fused-ring (bicyclic) bond motifs is 1. The minimum atomic E-state index is -4.20. The molecule has 1 aromatic rings. The molecule has 20 heavy (non-hydrogen) atoms. The van der Waals surface area contributed by atoms with Crippen molar-refractivity contribution in [2.24, 2.45) is 0 Å². The van der Waals surface area contributed by atoms with Gasteiger partial charge in [-0.05, 0) is 25.5 Å². The number of hydrogen-bond acceptors (Lipinski definition) is 5. The van der Waals surface area contributed by atoms with Crippen molar-refractivity contribution in [2.45, 2.75) is 32.2 Å². The van der Waals surface area contributed by atoms with Crippen LogP contribution in [0.15, 0.2) is 16.6 Å². The van der Waals surface area contributed by atoms with E-state index in [9.17, 15) is 14.6 Å². The summed E-state index contributed by atoms with van der Waals surface area (Å²) in [5, 5.41) is 10.1. The zero-order chi connectivity index (χ0) is 14.9. The summed E-state index contributed by atoms with van der Waals surface area (Å²) in [5.74, 6) is -0.713. The molecule has 0 radical (unpaired) electrons. The van der Waals surface area contributed by atoms with Gasteiger partial charge in [0.15, 0.2) is 17.3 Å². The van der Waals surface area contributed by atoms with E-state index in [1.807, 2.05) is 6.92 Å². The van der Waals surface area contributed by atoms with E-state index in [1.165, 1.54) is 6.07 Å². The first kappa shape index (κ1) is 15.8. The van der Waals surface area contributed by atoms with E-state index >= 15 is 0 Å². The summed E-state index contributed by atoms with van der Waals surface area (Å²) in [6.07, 6.45) is 0.146. The van der Waals surface area contributed by atoms with Gasteiger partial charge in [-0.3, -0.25) is 4.57 Å². The Morgan fingerprint density at radius 1 is 1.45 bits per heavy atom. The van der Waals surface area contributed by atoms with E-state index in [2.05, 4.69) is 15.9 Å². The van der Waals surface area contributed by atoms with Crippen molar-refractivity contribution in [1.29, 1.82) is 0 Å². The second-order valence-electron chi connectivity index (χ2n) is 4.49. The van der Waals surface area contributed by atoms with Gasteiger partial charge in [0.25, 0.3) is 0 Å². The summed E-state index contributed by atoms with van der Waals surface area (Å²) >= 11 is 3.24. The van der Waals surface area contributed by atoms with Gasteiger partial charge in [-0.2, -0.15) is 0 Å². The van der Waals surface area contributed by atoms with Crippen molar-refractivity contribution in [2.75, 3.05) is 6.79 Å². The Bertz CT molecular complexity index is 549. The van der Waals surface area contributed by atoms with Gasteiger partial charge in [-0.15, -0.1) is 0 Å². The second kappa shape index (κ2) is 6.03. The standard InChI is InChI=1S/C12H16BrO6P/c1-3-7(2)19-20(15,16)12(14)8-4-10-11(5-9(8)13)18-6-17-10/h4-5,7,12,14H,3,6H2,1-2H3,(H,15,16). The van der Waals surface area contributed by atoms with Gasteiger partial charge in [-0.25, -0.2) is 0 Å². The third kappa shape index (κ3) is 3.18. The Morgan fingerprint density at radius 3 is 2.65 bits per heavy atom. The molecule has 6 nitrogen and oxygen atoms in total. The number of hydrogen-bond donors (Lipinski definition) is 2. The highest BCUT2D eigenvalue weighted by molar-refractivity contribution is 9.10. The quantitative estimate of drug-likeness (QED) is 0.778. The molecule has 0 aromatic heterocycles. The smallest absolute Gasteiger partial charge is 0.361 e. The van der Waals surface area contributed by atoms with Gasteiger partial charge >= 0.3 is 7.60 Å². The average Bonchev–Trinajstić information content (AvgIpc) is 2.83. The molecular weight excluding hydrogens is 351 g/mol. The highest BCUT2D eigenvalue weighted by Crippen LogP contribution is 2.58. The minimum Gasteiger partial charge on any atom is -0.454 e. The van der Waals surface area contributed by atoms with Crippen LogP contribution in [0.25, 0.3) is 0 Å². The highest BCUT2D eigenvalue weighted by atomic mass is 79.9. The first-order valence-corrected chi connectivity index (χ1v) is 8.57. The lowest BCUT2D eigenvalue weighted by Gasteiger charge is -2.22. The Kier molecular flexibility index (Phi) is 4.76. The first-order chi connectivity index (χ1) is 9.35. The van der Waals surface area contributed by atoms with Gasteiger partial charge in [0.05, 0.1) is 6.10 Å². The molecule has 1 aliphatic heterocycles. The molecule has 2 rings (SSSR count). The maximum atomic E-state index is 12.1. The zero-order valence-corrected chi connectivity index (χ0v) is 13.6. The molecule has 112 valence electrons. The Balaban J connectivity index is 2.29. The molecule has 0 aliphatic carbocycles. The average molecular weight is 367 g/mol. The molecule has 0 spiro atoms. The number of aliphatic hydroxyl groups excluding tert-OH is 1. The van der Waals surface area contributed by atoms with Crippen LogP contribution in [0.4, 0.5) is 0 Å². The van der Waals surface area contributed by atoms with Crippen molar-refractivity contribution >= 4 is 23.5 Å². The summed E-state index contributed by atoms with van der Waals surface area (Å²) in [6.45, 7) is 3.58. The summed E-state index contributed by atoms with van der Waals surface area (Å²) in [4.78, 5) is 9.90. The van der Waals surface area contributed by atoms with Crippen molar-refractivity contribution < 1.29 is 28.6 Å². The molecule has 3 unspecified atom stereocenters. The van der Waals surface area contributed by atoms with Crippen LogP contribution < -0.4 is 9.47 Å². The van der Waals surface area contributed by atoms with Crippen LogP contribution in [0.1, 0.15) is 31.7 Å². The normalized spacial score (nSPS) is 19.4. The van der Waals surface area contributed by atoms with Crippen LogP contribution in [0.3, 0.4) is 0 Å². The second-order valence-corrected chi connectivity index (χ2v) is 7.17. The highest BCUT2D eigenvalue weighted by Gasteiger charge is 2.36. The van der Waals surface area contributed by atoms with Gasteiger partial charge in [0, 0.05) is 10.0 Å². The minimum absolute atomic E-state index is 0.0848. The lowest BCUT2D eigenvalue weighted by Crippen LogP contribution is -2.10. The molecule has 1 heterocycles. The Labute approximate surface area is 125 Å². The Hall–Kier alpha value is -0.590. The van der Waals surface area contributed by atoms with Crippen LogP contribution in [-0.4, -0.2) is 22.9 Å². The molecule has 0 fully saturated rings. The molecule has 3 atom stereocenters. The van der Waals surface area contributed by atoms with Gasteiger partial charge in [-0.1, -0.05) is 22.9 Å². The number of aliphatic hydroxyl groups is 1. The molecule has 1 aromatic carbocycles. The van der Waals surface area contributed by atoms with Gasteiger partial charge < -0.3 is 24.0 Å². The molecule has 0 amide bonds. The van der Waals surface area contributed by atoms with E-state index in [0.29, 0.717) is 22.4 Å². The number of rotatable bonds is 5. The lowest BCUT2D eigenvalue weighted by molar-refractivity contribution is 0.136. The maximum Gasteiger partial charge on any atom is 0.361 e. The fourth-order valence-electron chi connectivity index (χ4n) is 1.70. The van der Waals surface area contributed by atoms with Crippen molar-refractivity contribution in [3.63, 3.8) is 0 Å². The van der Waals surface area contributed by atoms with Gasteiger partial charge in [0.1, 0.15) is 0 Å².